The summed E-state index contributed by atoms with van der Waals surface area (Å²) in [6, 6.07) is 6.79. The molecule has 3 nitrogen and oxygen atoms in total. The molecule has 0 fully saturated rings. The van der Waals surface area contributed by atoms with Crippen LogP contribution in [0.5, 0.6) is 0 Å². The molecule has 31 heavy (non-hydrogen) atoms. The van der Waals surface area contributed by atoms with Gasteiger partial charge < -0.3 is 0 Å². The third-order valence-electron chi connectivity index (χ3n) is 7.62. The van der Waals surface area contributed by atoms with Crippen molar-refractivity contribution < 1.29 is 4.43 Å². The van der Waals surface area contributed by atoms with Crippen molar-refractivity contribution in [3.05, 3.63) is 23.8 Å². The van der Waals surface area contributed by atoms with E-state index in [9.17, 15) is 0 Å². The molecule has 0 spiro atoms. The van der Waals surface area contributed by atoms with E-state index in [1.807, 2.05) is 0 Å². The average Bonchev–Trinajstić information content (AvgIpc) is 3.16. The summed E-state index contributed by atoms with van der Waals surface area (Å²) in [7, 11) is -1.78. The maximum absolute atomic E-state index is 6.58. The summed E-state index contributed by atoms with van der Waals surface area (Å²) in [6.07, 6.45) is 8.02. The van der Waals surface area contributed by atoms with E-state index >= 15 is 0 Å². The molecule has 1 aromatic carbocycles. The summed E-state index contributed by atoms with van der Waals surface area (Å²) in [5.41, 5.74) is 2.42. The minimum atomic E-state index is -2.54. The second kappa shape index (κ2) is 11.7. The molecule has 2 aromatic rings. The molecular weight excluding hydrogens is 503 g/mol. The van der Waals surface area contributed by atoms with E-state index in [0.29, 0.717) is 6.61 Å². The standard InChI is InChI=1S/C14H21N2OSi.3C4H9.Sn/c1-14(2,3)18(4,5)17-10-12-8-6-7-11-9-15-16-13(11)12;3*1-3-4-2;/h6-8H,10H2,1-5H3,(H,15,16);3*1,3-4H2,2H3;. The van der Waals surface area contributed by atoms with Crippen LogP contribution in [0.1, 0.15) is 85.6 Å². The van der Waals surface area contributed by atoms with Crippen molar-refractivity contribution in [2.24, 2.45) is 0 Å². The number of H-pyrrole nitrogens is 1. The zero-order chi connectivity index (χ0) is 23.1. The molecule has 0 bridgehead atoms. The second-order valence-electron chi connectivity index (χ2n) is 11.1. The summed E-state index contributed by atoms with van der Waals surface area (Å²) < 4.78 is 12.6. The number of para-hydroxylation sites is 1. The SMILES string of the molecule is CCC[CH2][Sn]([CH2]CCC)([CH2]CCC)[c]1[nH]nc2c(CO[Si](C)(C)C(C)(C)C)cccc12. The van der Waals surface area contributed by atoms with Gasteiger partial charge in [-0.2, -0.15) is 0 Å². The van der Waals surface area contributed by atoms with Crippen molar-refractivity contribution in [3.8, 4) is 0 Å². The molecule has 0 atom stereocenters. The summed E-state index contributed by atoms with van der Waals surface area (Å²) in [4.78, 5) is 0. The van der Waals surface area contributed by atoms with Gasteiger partial charge in [0.15, 0.2) is 0 Å². The van der Waals surface area contributed by atoms with Gasteiger partial charge >= 0.3 is 198 Å². The van der Waals surface area contributed by atoms with Crippen molar-refractivity contribution in [1.82, 2.24) is 10.2 Å². The Balaban J connectivity index is 2.44. The van der Waals surface area contributed by atoms with Gasteiger partial charge in [-0.1, -0.05) is 0 Å². The fourth-order valence-electron chi connectivity index (χ4n) is 4.39. The summed E-state index contributed by atoms with van der Waals surface area (Å²) in [6.45, 7) is 19.3. The molecule has 1 aromatic heterocycles. The van der Waals surface area contributed by atoms with Crippen LogP contribution in [-0.2, 0) is 11.0 Å². The van der Waals surface area contributed by atoms with Crippen molar-refractivity contribution in [1.29, 1.82) is 0 Å². The summed E-state index contributed by atoms with van der Waals surface area (Å²) >= 11 is -2.54. The molecule has 0 aliphatic rings. The summed E-state index contributed by atoms with van der Waals surface area (Å²) in [5, 5.41) is 10.2. The van der Waals surface area contributed by atoms with Gasteiger partial charge in [0.2, 0.25) is 0 Å². The zero-order valence-electron chi connectivity index (χ0n) is 21.7. The number of hydrogen-bond acceptors (Lipinski definition) is 2. The second-order valence-corrected chi connectivity index (χ2v) is 28.9. The molecule has 5 heteroatoms. The Morgan fingerprint density at radius 3 is 1.97 bits per heavy atom. The summed E-state index contributed by atoms with van der Waals surface area (Å²) in [5.74, 6) is 0. The molecular formula is C26H48N2OSiSn. The molecule has 0 unspecified atom stereocenters. The van der Waals surface area contributed by atoms with Crippen LogP contribution in [0.25, 0.3) is 10.9 Å². The van der Waals surface area contributed by atoms with Gasteiger partial charge in [0, 0.05) is 0 Å². The predicted molar refractivity (Wildman–Crippen MR) is 143 cm³/mol. The van der Waals surface area contributed by atoms with Crippen LogP contribution >= 0.6 is 0 Å². The number of unbranched alkanes of at least 4 members (excludes halogenated alkanes) is 3. The normalized spacial score (nSPS) is 13.3. The molecule has 0 amide bonds. The van der Waals surface area contributed by atoms with E-state index in [2.05, 4.69) is 77.9 Å². The van der Waals surface area contributed by atoms with Crippen LogP contribution in [0.15, 0.2) is 18.2 Å². The Hall–Kier alpha value is -0.334. The van der Waals surface area contributed by atoms with Crippen LogP contribution < -0.4 is 3.71 Å². The van der Waals surface area contributed by atoms with E-state index in [4.69, 9.17) is 9.52 Å². The molecule has 2 rings (SSSR count). The van der Waals surface area contributed by atoms with Gasteiger partial charge in [-0.3, -0.25) is 0 Å². The van der Waals surface area contributed by atoms with Crippen molar-refractivity contribution in [3.63, 3.8) is 0 Å². The van der Waals surface area contributed by atoms with Crippen LogP contribution in [-0.4, -0.2) is 36.9 Å². The number of aromatic nitrogens is 2. The van der Waals surface area contributed by atoms with Gasteiger partial charge in [-0.15, -0.1) is 0 Å². The van der Waals surface area contributed by atoms with E-state index in [1.54, 1.807) is 3.71 Å². The molecule has 1 heterocycles. The molecule has 1 N–H and O–H groups in total. The molecule has 0 aliphatic heterocycles. The van der Waals surface area contributed by atoms with E-state index in [1.165, 1.54) is 68.3 Å². The number of aromatic amines is 1. The monoisotopic (exact) mass is 552 g/mol. The van der Waals surface area contributed by atoms with Gasteiger partial charge in [0.1, 0.15) is 0 Å². The topological polar surface area (TPSA) is 37.9 Å². The molecule has 0 saturated carbocycles. The number of nitrogens with one attached hydrogen (secondary N) is 1. The van der Waals surface area contributed by atoms with Gasteiger partial charge in [-0.05, 0) is 0 Å². The fraction of sp³-hybridized carbons (Fsp3) is 0.731. The van der Waals surface area contributed by atoms with Crippen molar-refractivity contribution in [2.45, 2.75) is 118 Å². The van der Waals surface area contributed by atoms with Crippen LogP contribution in [0, 0.1) is 0 Å². The van der Waals surface area contributed by atoms with Crippen LogP contribution in [0.3, 0.4) is 0 Å². The first kappa shape index (κ1) is 26.9. The van der Waals surface area contributed by atoms with E-state index in [0.717, 1.165) is 0 Å². The Morgan fingerprint density at radius 1 is 0.935 bits per heavy atom. The van der Waals surface area contributed by atoms with Gasteiger partial charge in [0.05, 0.1) is 0 Å². The number of hydrogen-bond donors (Lipinski definition) is 1. The number of fused-ring (bicyclic) bond motifs is 1. The number of nitrogens with zero attached hydrogens (tertiary/aromatic N) is 1. The number of benzene rings is 1. The average molecular weight is 551 g/mol. The predicted octanol–water partition coefficient (Wildman–Crippen LogP) is 8.14. The first-order valence-electron chi connectivity index (χ1n) is 12.7. The fourth-order valence-corrected chi connectivity index (χ4v) is 21.5. The van der Waals surface area contributed by atoms with Gasteiger partial charge in [0.25, 0.3) is 0 Å². The van der Waals surface area contributed by atoms with E-state index < -0.39 is 26.7 Å². The van der Waals surface area contributed by atoms with E-state index in [-0.39, 0.29) is 5.04 Å². The Morgan fingerprint density at radius 2 is 1.48 bits per heavy atom. The third kappa shape index (κ3) is 6.60. The molecule has 176 valence electrons. The Kier molecular flexibility index (Phi) is 10.1. The van der Waals surface area contributed by atoms with Crippen LogP contribution in [0.2, 0.25) is 31.4 Å². The quantitative estimate of drug-likeness (QED) is 0.255. The van der Waals surface area contributed by atoms with Crippen molar-refractivity contribution in [2.75, 3.05) is 0 Å². The molecule has 0 radical (unpaired) electrons. The Bertz CT molecular complexity index is 788. The van der Waals surface area contributed by atoms with Crippen LogP contribution in [0.4, 0.5) is 0 Å². The maximum atomic E-state index is 6.58. The number of rotatable bonds is 13. The van der Waals surface area contributed by atoms with Gasteiger partial charge in [-0.25, -0.2) is 0 Å². The molecule has 0 aliphatic carbocycles. The third-order valence-corrected chi connectivity index (χ3v) is 27.4. The molecule has 0 saturated heterocycles. The minimum absolute atomic E-state index is 0.226. The Labute approximate surface area is 197 Å². The zero-order valence-corrected chi connectivity index (χ0v) is 25.5. The first-order chi connectivity index (χ1) is 14.6. The first-order valence-corrected chi connectivity index (χ1v) is 23.1. The van der Waals surface area contributed by atoms with Crippen molar-refractivity contribution >= 4 is 41.3 Å².